The molecule has 140 valence electrons. The molecular weight excluding hydrogens is 382 g/mol. The van der Waals surface area contributed by atoms with Gasteiger partial charge in [0.15, 0.2) is 11.0 Å². The Hall–Kier alpha value is -2.31. The highest BCUT2D eigenvalue weighted by Crippen LogP contribution is 2.30. The van der Waals surface area contributed by atoms with Gasteiger partial charge in [-0.15, -0.1) is 10.2 Å². The number of halogens is 1. The molecule has 0 aliphatic heterocycles. The number of aliphatic carboxylic acids is 1. The predicted molar refractivity (Wildman–Crippen MR) is 109 cm³/mol. The van der Waals surface area contributed by atoms with Crippen molar-refractivity contribution >= 4 is 29.3 Å². The Morgan fingerprint density at radius 1 is 1.07 bits per heavy atom. The largest absolute Gasteiger partial charge is 0.481 e. The summed E-state index contributed by atoms with van der Waals surface area (Å²) in [5.41, 5.74) is 3.02. The standard InChI is InChI=1S/C20H20ClN3O2S/c1-20(2,3)14-6-4-13(5-7-14)18-22-23-19(27-12-17(25)26)24(18)16-10-8-15(21)9-11-16/h4-11H,12H2,1-3H3,(H,25,26). The molecular formula is C20H20ClN3O2S. The van der Waals surface area contributed by atoms with Crippen LogP contribution in [0.3, 0.4) is 0 Å². The van der Waals surface area contributed by atoms with Gasteiger partial charge in [0.2, 0.25) is 0 Å². The second kappa shape index (κ2) is 7.74. The maximum absolute atomic E-state index is 11.0. The predicted octanol–water partition coefficient (Wildman–Crippen LogP) is 5.06. The van der Waals surface area contributed by atoms with Crippen molar-refractivity contribution in [2.45, 2.75) is 31.3 Å². The SMILES string of the molecule is CC(C)(C)c1ccc(-c2nnc(SCC(=O)O)n2-c2ccc(Cl)cc2)cc1. The summed E-state index contributed by atoms with van der Waals surface area (Å²) in [6.07, 6.45) is 0. The lowest BCUT2D eigenvalue weighted by Gasteiger charge is -2.19. The van der Waals surface area contributed by atoms with E-state index in [-0.39, 0.29) is 11.2 Å². The highest BCUT2D eigenvalue weighted by atomic mass is 35.5. The Labute approximate surface area is 167 Å². The average Bonchev–Trinajstić information content (AvgIpc) is 3.04. The van der Waals surface area contributed by atoms with E-state index in [9.17, 15) is 4.79 Å². The Balaban J connectivity index is 2.07. The summed E-state index contributed by atoms with van der Waals surface area (Å²) in [7, 11) is 0. The smallest absolute Gasteiger partial charge is 0.313 e. The average molecular weight is 402 g/mol. The van der Waals surface area contributed by atoms with Crippen LogP contribution in [0.25, 0.3) is 17.1 Å². The molecule has 3 aromatic rings. The summed E-state index contributed by atoms with van der Waals surface area (Å²) in [5.74, 6) is -0.332. The lowest BCUT2D eigenvalue weighted by Crippen LogP contribution is -2.10. The molecule has 0 spiro atoms. The number of aromatic nitrogens is 3. The van der Waals surface area contributed by atoms with Crippen molar-refractivity contribution in [1.82, 2.24) is 14.8 Å². The minimum Gasteiger partial charge on any atom is -0.481 e. The van der Waals surface area contributed by atoms with Crippen molar-refractivity contribution in [3.8, 4) is 17.1 Å². The van der Waals surface area contributed by atoms with Crippen LogP contribution in [0, 0.1) is 0 Å². The molecule has 3 rings (SSSR count). The molecule has 1 N–H and O–H groups in total. The number of carbonyl (C=O) groups is 1. The van der Waals surface area contributed by atoms with Gasteiger partial charge in [0.05, 0.1) is 5.75 Å². The zero-order valence-electron chi connectivity index (χ0n) is 15.3. The van der Waals surface area contributed by atoms with Crippen LogP contribution in [0.15, 0.2) is 53.7 Å². The van der Waals surface area contributed by atoms with E-state index in [1.54, 1.807) is 12.1 Å². The molecule has 0 radical (unpaired) electrons. The van der Waals surface area contributed by atoms with E-state index >= 15 is 0 Å². The fourth-order valence-corrected chi connectivity index (χ4v) is 3.42. The summed E-state index contributed by atoms with van der Waals surface area (Å²) in [6, 6.07) is 15.5. The van der Waals surface area contributed by atoms with Crippen LogP contribution < -0.4 is 0 Å². The van der Waals surface area contributed by atoms with Crippen molar-refractivity contribution in [3.05, 3.63) is 59.1 Å². The zero-order valence-corrected chi connectivity index (χ0v) is 16.9. The van der Waals surface area contributed by atoms with Crippen LogP contribution in [0.1, 0.15) is 26.3 Å². The van der Waals surface area contributed by atoms with Crippen LogP contribution in [0.4, 0.5) is 0 Å². The van der Waals surface area contributed by atoms with E-state index in [0.29, 0.717) is 16.0 Å². The molecule has 0 unspecified atom stereocenters. The number of carboxylic acid groups (broad SMARTS) is 1. The van der Waals surface area contributed by atoms with E-state index in [4.69, 9.17) is 16.7 Å². The van der Waals surface area contributed by atoms with E-state index in [1.165, 1.54) is 5.56 Å². The van der Waals surface area contributed by atoms with Crippen LogP contribution in [0.2, 0.25) is 5.02 Å². The molecule has 0 amide bonds. The van der Waals surface area contributed by atoms with Gasteiger partial charge in [-0.3, -0.25) is 9.36 Å². The minimum absolute atomic E-state index is 0.0604. The summed E-state index contributed by atoms with van der Waals surface area (Å²) in [4.78, 5) is 11.0. The third-order valence-corrected chi connectivity index (χ3v) is 5.22. The maximum atomic E-state index is 11.0. The van der Waals surface area contributed by atoms with Crippen LogP contribution in [-0.2, 0) is 10.2 Å². The molecule has 0 bridgehead atoms. The van der Waals surface area contributed by atoms with E-state index in [0.717, 1.165) is 23.0 Å². The summed E-state index contributed by atoms with van der Waals surface area (Å²) in [5, 5.41) is 18.7. The Morgan fingerprint density at radius 3 is 2.26 bits per heavy atom. The first-order chi connectivity index (χ1) is 12.8. The maximum Gasteiger partial charge on any atom is 0.313 e. The number of nitrogens with zero attached hydrogens (tertiary/aromatic N) is 3. The summed E-state index contributed by atoms with van der Waals surface area (Å²) >= 11 is 7.14. The third-order valence-electron chi connectivity index (χ3n) is 4.05. The van der Waals surface area contributed by atoms with Crippen LogP contribution in [0.5, 0.6) is 0 Å². The molecule has 0 saturated carbocycles. The number of hydrogen-bond acceptors (Lipinski definition) is 4. The van der Waals surface area contributed by atoms with Gasteiger partial charge in [0.25, 0.3) is 0 Å². The highest BCUT2D eigenvalue weighted by Gasteiger charge is 2.18. The Morgan fingerprint density at radius 2 is 1.70 bits per heavy atom. The van der Waals surface area contributed by atoms with Gasteiger partial charge in [0.1, 0.15) is 0 Å². The molecule has 0 aliphatic carbocycles. The monoisotopic (exact) mass is 401 g/mol. The summed E-state index contributed by atoms with van der Waals surface area (Å²) < 4.78 is 1.86. The van der Waals surface area contributed by atoms with Crippen LogP contribution in [-0.4, -0.2) is 31.6 Å². The van der Waals surface area contributed by atoms with Gasteiger partial charge >= 0.3 is 5.97 Å². The molecule has 1 aromatic heterocycles. The number of carboxylic acids is 1. The van der Waals surface area contributed by atoms with Gasteiger partial charge in [-0.2, -0.15) is 0 Å². The van der Waals surface area contributed by atoms with Crippen molar-refractivity contribution in [1.29, 1.82) is 0 Å². The Kier molecular flexibility index (Phi) is 5.58. The highest BCUT2D eigenvalue weighted by molar-refractivity contribution is 7.99. The first-order valence-corrected chi connectivity index (χ1v) is 9.79. The first-order valence-electron chi connectivity index (χ1n) is 8.42. The van der Waals surface area contributed by atoms with Gasteiger partial charge in [-0.25, -0.2) is 0 Å². The van der Waals surface area contributed by atoms with E-state index in [1.807, 2.05) is 28.8 Å². The normalized spacial score (nSPS) is 11.6. The number of rotatable bonds is 5. The number of benzene rings is 2. The molecule has 0 atom stereocenters. The minimum atomic E-state index is -0.901. The van der Waals surface area contributed by atoms with E-state index < -0.39 is 5.97 Å². The molecule has 2 aromatic carbocycles. The first kappa shape index (κ1) is 19.5. The van der Waals surface area contributed by atoms with Gasteiger partial charge < -0.3 is 5.11 Å². The van der Waals surface area contributed by atoms with Gasteiger partial charge in [-0.05, 0) is 35.2 Å². The fraction of sp³-hybridized carbons (Fsp3) is 0.250. The molecule has 0 saturated heterocycles. The van der Waals surface area contributed by atoms with Crippen molar-refractivity contribution < 1.29 is 9.90 Å². The number of thioether (sulfide) groups is 1. The lowest BCUT2D eigenvalue weighted by atomic mass is 9.87. The van der Waals surface area contributed by atoms with Gasteiger partial charge in [-0.1, -0.05) is 68.4 Å². The molecule has 7 heteroatoms. The lowest BCUT2D eigenvalue weighted by molar-refractivity contribution is -0.133. The second-order valence-corrected chi connectivity index (χ2v) is 8.51. The van der Waals surface area contributed by atoms with Crippen molar-refractivity contribution in [2.75, 3.05) is 5.75 Å². The molecule has 5 nitrogen and oxygen atoms in total. The van der Waals surface area contributed by atoms with Gasteiger partial charge in [0, 0.05) is 16.3 Å². The molecule has 27 heavy (non-hydrogen) atoms. The second-order valence-electron chi connectivity index (χ2n) is 7.13. The molecule has 1 heterocycles. The third kappa shape index (κ3) is 4.51. The summed E-state index contributed by atoms with van der Waals surface area (Å²) in [6.45, 7) is 6.50. The van der Waals surface area contributed by atoms with E-state index in [2.05, 4.69) is 43.1 Å². The topological polar surface area (TPSA) is 68.0 Å². The molecule has 0 fully saturated rings. The number of hydrogen-bond donors (Lipinski definition) is 1. The Bertz CT molecular complexity index is 945. The van der Waals surface area contributed by atoms with Crippen LogP contribution >= 0.6 is 23.4 Å². The van der Waals surface area contributed by atoms with Crippen molar-refractivity contribution in [3.63, 3.8) is 0 Å². The quantitative estimate of drug-likeness (QED) is 0.605. The molecule has 0 aliphatic rings. The zero-order chi connectivity index (χ0) is 19.6. The fourth-order valence-electron chi connectivity index (χ4n) is 2.62. The van der Waals surface area contributed by atoms with Crippen molar-refractivity contribution in [2.24, 2.45) is 0 Å².